The van der Waals surface area contributed by atoms with Gasteiger partial charge in [0.05, 0.1) is 20.8 Å². The van der Waals surface area contributed by atoms with Crippen LogP contribution < -0.4 is 25.6 Å². The summed E-state index contributed by atoms with van der Waals surface area (Å²) in [6.07, 6.45) is 0. The third-order valence-electron chi connectivity index (χ3n) is 3.46. The molecule has 0 saturated carbocycles. The van der Waals surface area contributed by atoms with E-state index in [1.807, 2.05) is 0 Å². The van der Waals surface area contributed by atoms with Crippen LogP contribution in [-0.4, -0.2) is 38.5 Å². The number of rotatable bonds is 6. The van der Waals surface area contributed by atoms with Gasteiger partial charge in [-0.25, -0.2) is 0 Å². The number of hydrazine groups is 1. The van der Waals surface area contributed by atoms with E-state index in [0.717, 1.165) is 0 Å². The van der Waals surface area contributed by atoms with Crippen molar-refractivity contribution in [3.63, 3.8) is 0 Å². The lowest BCUT2D eigenvalue weighted by atomic mass is 10.2. The molecule has 27 heavy (non-hydrogen) atoms. The summed E-state index contributed by atoms with van der Waals surface area (Å²) >= 11 is 5.81. The number of carbonyl (C=O) groups excluding carboxylic acids is 3. The number of amides is 3. The lowest BCUT2D eigenvalue weighted by molar-refractivity contribution is -0.120. The van der Waals surface area contributed by atoms with Crippen LogP contribution in [0, 0.1) is 0 Å². The number of carbonyl (C=O) groups is 3. The van der Waals surface area contributed by atoms with E-state index in [-0.39, 0.29) is 12.1 Å². The molecule has 0 radical (unpaired) electrons. The fourth-order valence-corrected chi connectivity index (χ4v) is 2.30. The topological polar surface area (TPSA) is 106 Å². The summed E-state index contributed by atoms with van der Waals surface area (Å²) in [5, 5.41) is 2.84. The first-order chi connectivity index (χ1) is 12.9. The van der Waals surface area contributed by atoms with E-state index >= 15 is 0 Å². The van der Waals surface area contributed by atoms with Gasteiger partial charge in [-0.2, -0.15) is 0 Å². The molecule has 0 spiro atoms. The van der Waals surface area contributed by atoms with E-state index in [4.69, 9.17) is 21.1 Å². The van der Waals surface area contributed by atoms with Gasteiger partial charge in [0.1, 0.15) is 0 Å². The Labute approximate surface area is 160 Å². The Bertz CT molecular complexity index is 857. The van der Waals surface area contributed by atoms with Crippen molar-refractivity contribution >= 4 is 29.3 Å². The first-order valence-corrected chi connectivity index (χ1v) is 8.17. The molecule has 3 N–H and O–H groups in total. The van der Waals surface area contributed by atoms with Crippen LogP contribution in [0.25, 0.3) is 0 Å². The number of halogens is 1. The Morgan fingerprint density at radius 3 is 2.26 bits per heavy atom. The summed E-state index contributed by atoms with van der Waals surface area (Å²) in [5.41, 5.74) is 5.05. The molecule has 9 heteroatoms. The third kappa shape index (κ3) is 5.61. The first-order valence-electron chi connectivity index (χ1n) is 7.79. The maximum absolute atomic E-state index is 12.1. The van der Waals surface area contributed by atoms with Crippen molar-refractivity contribution in [3.05, 3.63) is 58.6 Å². The second-order valence-corrected chi connectivity index (χ2v) is 5.70. The predicted molar refractivity (Wildman–Crippen MR) is 98.9 cm³/mol. The van der Waals surface area contributed by atoms with E-state index in [1.54, 1.807) is 24.3 Å². The lowest BCUT2D eigenvalue weighted by Crippen LogP contribution is -2.46. The molecule has 2 aromatic carbocycles. The minimum atomic E-state index is -0.598. The highest BCUT2D eigenvalue weighted by molar-refractivity contribution is 6.31. The highest BCUT2D eigenvalue weighted by Gasteiger charge is 2.12. The number of benzene rings is 2. The second kappa shape index (κ2) is 9.44. The Balaban J connectivity index is 1.84. The molecule has 3 amide bonds. The van der Waals surface area contributed by atoms with Crippen LogP contribution >= 0.6 is 11.6 Å². The van der Waals surface area contributed by atoms with Crippen LogP contribution in [0.2, 0.25) is 5.02 Å². The maximum Gasteiger partial charge on any atom is 0.269 e. The van der Waals surface area contributed by atoms with Gasteiger partial charge >= 0.3 is 0 Å². The molecule has 0 aromatic heterocycles. The Morgan fingerprint density at radius 1 is 0.889 bits per heavy atom. The normalized spacial score (nSPS) is 9.89. The van der Waals surface area contributed by atoms with Crippen molar-refractivity contribution in [1.29, 1.82) is 0 Å². The average Bonchev–Trinajstić information content (AvgIpc) is 2.69. The zero-order valence-corrected chi connectivity index (χ0v) is 15.4. The zero-order chi connectivity index (χ0) is 19.8. The van der Waals surface area contributed by atoms with Crippen molar-refractivity contribution < 1.29 is 23.9 Å². The summed E-state index contributed by atoms with van der Waals surface area (Å²) in [4.78, 5) is 35.8. The molecule has 0 heterocycles. The number of ether oxygens (including phenoxy) is 2. The Hall–Kier alpha value is -3.26. The highest BCUT2D eigenvalue weighted by atomic mass is 35.5. The number of methoxy groups -OCH3 is 2. The van der Waals surface area contributed by atoms with Crippen LogP contribution in [0.15, 0.2) is 42.5 Å². The monoisotopic (exact) mass is 391 g/mol. The second-order valence-electron chi connectivity index (χ2n) is 5.27. The summed E-state index contributed by atoms with van der Waals surface area (Å²) in [6.45, 7) is -0.322. The molecule has 0 unspecified atom stereocenters. The molecule has 0 aliphatic carbocycles. The lowest BCUT2D eigenvalue weighted by Gasteiger charge is -2.11. The SMILES string of the molecule is COc1ccc(C(=O)NNC(=O)CNC(=O)c2cccc(Cl)c2)cc1OC. The summed E-state index contributed by atoms with van der Waals surface area (Å²) in [6, 6.07) is 10.9. The molecule has 0 atom stereocenters. The van der Waals surface area contributed by atoms with Gasteiger partial charge in [0.15, 0.2) is 11.5 Å². The van der Waals surface area contributed by atoms with Gasteiger partial charge in [0.2, 0.25) is 0 Å². The Kier molecular flexibility index (Phi) is 7.01. The van der Waals surface area contributed by atoms with Crippen molar-refractivity contribution in [2.24, 2.45) is 0 Å². The minimum absolute atomic E-state index is 0.260. The van der Waals surface area contributed by atoms with Gasteiger partial charge in [-0.3, -0.25) is 25.2 Å². The largest absolute Gasteiger partial charge is 0.493 e. The fraction of sp³-hybridized carbons (Fsp3) is 0.167. The summed E-state index contributed by atoms with van der Waals surface area (Å²) in [7, 11) is 2.93. The van der Waals surface area contributed by atoms with Gasteiger partial charge in [-0.05, 0) is 36.4 Å². The molecule has 0 fully saturated rings. The van der Waals surface area contributed by atoms with Crippen molar-refractivity contribution in [3.8, 4) is 11.5 Å². The zero-order valence-electron chi connectivity index (χ0n) is 14.7. The molecule has 0 aliphatic rings. The number of hydrogen-bond acceptors (Lipinski definition) is 5. The van der Waals surface area contributed by atoms with Crippen LogP contribution in [0.5, 0.6) is 11.5 Å². The molecule has 2 rings (SSSR count). The van der Waals surface area contributed by atoms with Crippen molar-refractivity contribution in [2.45, 2.75) is 0 Å². The van der Waals surface area contributed by atoms with E-state index < -0.39 is 17.7 Å². The summed E-state index contributed by atoms with van der Waals surface area (Å²) in [5.74, 6) is -0.754. The summed E-state index contributed by atoms with van der Waals surface area (Å²) < 4.78 is 10.2. The van der Waals surface area contributed by atoms with Crippen molar-refractivity contribution in [2.75, 3.05) is 20.8 Å². The first kappa shape index (κ1) is 20.1. The van der Waals surface area contributed by atoms with E-state index in [1.165, 1.54) is 32.4 Å². The molecule has 8 nitrogen and oxygen atoms in total. The van der Waals surface area contributed by atoms with Crippen LogP contribution in [0.3, 0.4) is 0 Å². The molecule has 0 saturated heterocycles. The smallest absolute Gasteiger partial charge is 0.269 e. The molecular formula is C18H18ClN3O5. The highest BCUT2D eigenvalue weighted by Crippen LogP contribution is 2.27. The van der Waals surface area contributed by atoms with E-state index in [9.17, 15) is 14.4 Å². The van der Waals surface area contributed by atoms with Crippen molar-refractivity contribution in [1.82, 2.24) is 16.2 Å². The fourth-order valence-electron chi connectivity index (χ4n) is 2.11. The molecule has 0 bridgehead atoms. The quantitative estimate of drug-likeness (QED) is 0.648. The van der Waals surface area contributed by atoms with Gasteiger partial charge in [0.25, 0.3) is 17.7 Å². The minimum Gasteiger partial charge on any atom is -0.493 e. The van der Waals surface area contributed by atoms with Crippen LogP contribution in [-0.2, 0) is 4.79 Å². The van der Waals surface area contributed by atoms with Crippen LogP contribution in [0.4, 0.5) is 0 Å². The number of nitrogens with one attached hydrogen (secondary N) is 3. The Morgan fingerprint density at radius 2 is 1.59 bits per heavy atom. The van der Waals surface area contributed by atoms with Gasteiger partial charge < -0.3 is 14.8 Å². The van der Waals surface area contributed by atoms with Gasteiger partial charge in [-0.1, -0.05) is 17.7 Å². The average molecular weight is 392 g/mol. The van der Waals surface area contributed by atoms with Crippen LogP contribution in [0.1, 0.15) is 20.7 Å². The van der Waals surface area contributed by atoms with E-state index in [0.29, 0.717) is 22.1 Å². The maximum atomic E-state index is 12.1. The molecule has 142 valence electrons. The van der Waals surface area contributed by atoms with Gasteiger partial charge in [-0.15, -0.1) is 0 Å². The standard InChI is InChI=1S/C18H18ClN3O5/c1-26-14-7-6-12(9-15(14)27-2)18(25)22-21-16(23)10-20-17(24)11-4-3-5-13(19)8-11/h3-9H,10H2,1-2H3,(H,20,24)(H,21,23)(H,22,25). The molecular weight excluding hydrogens is 374 g/mol. The van der Waals surface area contributed by atoms with Gasteiger partial charge in [0, 0.05) is 16.1 Å². The molecule has 0 aliphatic heterocycles. The van der Waals surface area contributed by atoms with E-state index in [2.05, 4.69) is 16.2 Å². The predicted octanol–water partition coefficient (Wildman–Crippen LogP) is 1.55. The third-order valence-corrected chi connectivity index (χ3v) is 3.69. The number of hydrogen-bond donors (Lipinski definition) is 3. The molecule has 2 aromatic rings.